The molecule has 2 aliphatic carbocycles. The average Bonchev–Trinajstić information content (AvgIpc) is 3.50. The quantitative estimate of drug-likeness (QED) is 0.353. The van der Waals surface area contributed by atoms with Crippen LogP contribution in [0.1, 0.15) is 60.9 Å². The molecule has 1 saturated carbocycles. The van der Waals surface area contributed by atoms with Gasteiger partial charge in [-0.05, 0) is 78.5 Å². The number of halogens is 2. The Kier molecular flexibility index (Phi) is 5.36. The molecular weight excluding hydrogens is 534 g/mol. The Bertz CT molecular complexity index is 1770. The third kappa shape index (κ3) is 3.59. The minimum atomic E-state index is -2.90. The van der Waals surface area contributed by atoms with Crippen LogP contribution in [0, 0.1) is 29.9 Å². The van der Waals surface area contributed by atoms with E-state index in [-0.39, 0.29) is 40.0 Å². The van der Waals surface area contributed by atoms with Crippen molar-refractivity contribution < 1.29 is 17.2 Å². The number of hydrogen-bond donors (Lipinski definition) is 0. The fraction of sp³-hybridized carbons (Fsp3) is 0.414. The van der Waals surface area contributed by atoms with E-state index in [1.165, 1.54) is 18.2 Å². The minimum Gasteiger partial charge on any atom is -0.233 e. The van der Waals surface area contributed by atoms with Crippen LogP contribution < -0.4 is 0 Å². The van der Waals surface area contributed by atoms with Crippen molar-refractivity contribution in [3.8, 4) is 17.1 Å². The second-order valence-corrected chi connectivity index (χ2v) is 14.1. The topological polar surface area (TPSA) is 104 Å². The van der Waals surface area contributed by atoms with Gasteiger partial charge in [0.15, 0.2) is 21.5 Å². The highest BCUT2D eigenvalue weighted by Gasteiger charge is 2.65. The maximum Gasteiger partial charge on any atom is 0.155 e. The molecule has 4 aromatic rings. The van der Waals surface area contributed by atoms with Gasteiger partial charge in [-0.15, -0.1) is 10.2 Å². The molecule has 2 bridgehead atoms. The average molecular weight is 563 g/mol. The summed E-state index contributed by atoms with van der Waals surface area (Å²) in [5, 5.41) is 13.6. The van der Waals surface area contributed by atoms with Crippen molar-refractivity contribution in [2.24, 2.45) is 11.3 Å². The molecule has 8 nitrogen and oxygen atoms in total. The van der Waals surface area contributed by atoms with Gasteiger partial charge in [-0.25, -0.2) is 31.8 Å². The molecule has 40 heavy (non-hydrogen) atoms. The molecule has 0 radical (unpaired) electrons. The number of fused-ring (bicyclic) bond motifs is 5. The molecule has 7 rings (SSSR count). The monoisotopic (exact) mass is 562 g/mol. The highest BCUT2D eigenvalue weighted by Crippen LogP contribution is 2.69. The number of hydrogen-bond acceptors (Lipinski definition) is 7. The first-order chi connectivity index (χ1) is 19.0. The van der Waals surface area contributed by atoms with Crippen LogP contribution in [0.2, 0.25) is 0 Å². The van der Waals surface area contributed by atoms with Gasteiger partial charge in [0.1, 0.15) is 18.0 Å². The molecule has 11 heteroatoms. The summed E-state index contributed by atoms with van der Waals surface area (Å²) < 4.78 is 53.9. The molecule has 3 aliphatic rings. The van der Waals surface area contributed by atoms with Gasteiger partial charge in [0.25, 0.3) is 0 Å². The van der Waals surface area contributed by atoms with Crippen molar-refractivity contribution in [1.29, 1.82) is 0 Å². The Morgan fingerprint density at radius 1 is 1.07 bits per heavy atom. The molecule has 2 fully saturated rings. The van der Waals surface area contributed by atoms with Crippen molar-refractivity contribution in [3.63, 3.8) is 0 Å². The normalized spacial score (nSPS) is 24.2. The van der Waals surface area contributed by atoms with E-state index in [9.17, 15) is 17.2 Å². The fourth-order valence-electron chi connectivity index (χ4n) is 7.29. The number of nitrogens with zero attached hydrogens (tertiary/aromatic N) is 6. The number of aromatic nitrogens is 6. The van der Waals surface area contributed by atoms with Gasteiger partial charge in [0.05, 0.1) is 39.6 Å². The first-order valence-electron chi connectivity index (χ1n) is 13.4. The van der Waals surface area contributed by atoms with Crippen LogP contribution in [0.3, 0.4) is 0 Å². The zero-order valence-electron chi connectivity index (χ0n) is 22.4. The largest absolute Gasteiger partial charge is 0.233 e. The minimum absolute atomic E-state index is 0.0493. The molecule has 1 aromatic carbocycles. The first kappa shape index (κ1) is 25.4. The van der Waals surface area contributed by atoms with Crippen LogP contribution in [-0.2, 0) is 21.7 Å². The smallest absolute Gasteiger partial charge is 0.155 e. The fourth-order valence-corrected chi connectivity index (χ4v) is 8.86. The number of aryl methyl sites for hydroxylation is 1. The second kappa shape index (κ2) is 8.45. The van der Waals surface area contributed by atoms with Gasteiger partial charge >= 0.3 is 0 Å². The lowest BCUT2D eigenvalue weighted by Crippen LogP contribution is -2.38. The van der Waals surface area contributed by atoms with E-state index in [0.29, 0.717) is 18.1 Å². The first-order valence-corrected chi connectivity index (χ1v) is 15.2. The summed E-state index contributed by atoms with van der Waals surface area (Å²) in [4.78, 5) is 9.50. The zero-order valence-corrected chi connectivity index (χ0v) is 23.2. The summed E-state index contributed by atoms with van der Waals surface area (Å²) in [5.74, 6) is 0.425. The molecule has 1 saturated heterocycles. The summed E-state index contributed by atoms with van der Waals surface area (Å²) in [6.07, 6.45) is 3.85. The van der Waals surface area contributed by atoms with Gasteiger partial charge in [-0.3, -0.25) is 0 Å². The molecule has 1 aliphatic heterocycles. The van der Waals surface area contributed by atoms with Crippen LogP contribution in [-0.4, -0.2) is 49.9 Å². The van der Waals surface area contributed by atoms with Crippen molar-refractivity contribution in [3.05, 3.63) is 82.7 Å². The van der Waals surface area contributed by atoms with Crippen molar-refractivity contribution >= 4 is 9.84 Å². The third-order valence-electron chi connectivity index (χ3n) is 9.22. The van der Waals surface area contributed by atoms with Crippen LogP contribution in [0.5, 0.6) is 0 Å². The lowest BCUT2D eigenvalue weighted by Gasteiger charge is -2.37. The Labute approximate surface area is 230 Å². The molecular formula is C29H28F2N6O2S. The van der Waals surface area contributed by atoms with Gasteiger partial charge in [-0.2, -0.15) is 5.10 Å². The van der Waals surface area contributed by atoms with Gasteiger partial charge < -0.3 is 0 Å². The Hall–Kier alpha value is -3.60. The number of benzene rings is 1. The van der Waals surface area contributed by atoms with Crippen LogP contribution in [0.25, 0.3) is 17.1 Å². The van der Waals surface area contributed by atoms with E-state index in [1.807, 2.05) is 13.0 Å². The number of sulfone groups is 1. The summed E-state index contributed by atoms with van der Waals surface area (Å²) in [7, 11) is -2.90. The molecule has 0 unspecified atom stereocenters. The summed E-state index contributed by atoms with van der Waals surface area (Å²) in [6.45, 7) is 6.42. The van der Waals surface area contributed by atoms with Gasteiger partial charge in [0, 0.05) is 6.42 Å². The summed E-state index contributed by atoms with van der Waals surface area (Å²) in [6, 6.07) is 9.62. The molecule has 4 heterocycles. The zero-order chi connectivity index (χ0) is 28.0. The highest BCUT2D eigenvalue weighted by atomic mass is 32.2. The molecule has 3 aromatic heterocycles. The molecule has 0 N–H and O–H groups in total. The highest BCUT2D eigenvalue weighted by molar-refractivity contribution is 7.92. The van der Waals surface area contributed by atoms with Gasteiger partial charge in [-0.1, -0.05) is 19.9 Å². The Morgan fingerprint density at radius 3 is 2.55 bits per heavy atom. The summed E-state index contributed by atoms with van der Waals surface area (Å²) in [5.41, 5.74) is 2.87. The predicted molar refractivity (Wildman–Crippen MR) is 144 cm³/mol. The van der Waals surface area contributed by atoms with Gasteiger partial charge in [0.2, 0.25) is 0 Å². The van der Waals surface area contributed by atoms with E-state index in [2.05, 4.69) is 40.2 Å². The second-order valence-electron chi connectivity index (χ2n) is 12.0. The van der Waals surface area contributed by atoms with Crippen LogP contribution >= 0.6 is 0 Å². The molecule has 206 valence electrons. The third-order valence-corrected chi connectivity index (χ3v) is 11.2. The number of pyridine rings is 1. The Balaban J connectivity index is 1.29. The van der Waals surface area contributed by atoms with Crippen LogP contribution in [0.4, 0.5) is 8.78 Å². The van der Waals surface area contributed by atoms with Crippen molar-refractivity contribution in [2.75, 3.05) is 11.5 Å². The van der Waals surface area contributed by atoms with E-state index < -0.39 is 26.9 Å². The van der Waals surface area contributed by atoms with E-state index in [1.54, 1.807) is 17.1 Å². The molecule has 2 atom stereocenters. The standard InChI is InChI=1S/C29H28F2N6O2S/c1-16-9-23(33-25(10-16)37-15-32-24(36-37)11-17-13-40(38,39)14-17)29-8-7-19(28(29,2)3)18-12-22(34-35-27(18)29)26-20(30)5-4-6-21(26)31/h4-6,9-10,12,15,17,19H,7-8,11,13-14H2,1-3H3/t19-,29+/m0/s1. The van der Waals surface area contributed by atoms with Crippen molar-refractivity contribution in [1.82, 2.24) is 29.9 Å². The maximum absolute atomic E-state index is 14.6. The van der Waals surface area contributed by atoms with E-state index >= 15 is 0 Å². The van der Waals surface area contributed by atoms with E-state index in [4.69, 9.17) is 4.98 Å². The molecule has 0 amide bonds. The maximum atomic E-state index is 14.6. The SMILES string of the molecule is Cc1cc(-n2cnc(CC3CS(=O)(=O)C3)n2)nc([C@]23CC[C@@H](c4cc(-c5c(F)cccc5F)nnc42)C3(C)C)c1. The van der Waals surface area contributed by atoms with Crippen LogP contribution in [0.15, 0.2) is 42.7 Å². The predicted octanol–water partition coefficient (Wildman–Crippen LogP) is 4.50. The van der Waals surface area contributed by atoms with Crippen molar-refractivity contribution in [2.45, 2.75) is 51.4 Å². The number of rotatable bonds is 5. The lowest BCUT2D eigenvalue weighted by atomic mass is 9.66. The Morgan fingerprint density at radius 2 is 1.82 bits per heavy atom. The van der Waals surface area contributed by atoms with E-state index in [0.717, 1.165) is 35.4 Å². The summed E-state index contributed by atoms with van der Waals surface area (Å²) >= 11 is 0. The molecule has 0 spiro atoms. The lowest BCUT2D eigenvalue weighted by molar-refractivity contribution is 0.242.